The van der Waals surface area contributed by atoms with E-state index in [-0.39, 0.29) is 13.2 Å². The smallest absolute Gasteiger partial charge is 0.149 e. The molecule has 5 N–H and O–H groups in total. The summed E-state index contributed by atoms with van der Waals surface area (Å²) >= 11 is 0. The number of aliphatic hydroxyl groups excluding tert-OH is 2. The highest BCUT2D eigenvalue weighted by molar-refractivity contribution is 5.61. The molecule has 1 aromatic heterocycles. The summed E-state index contributed by atoms with van der Waals surface area (Å²) < 4.78 is 0. The molecule has 0 amide bonds. The van der Waals surface area contributed by atoms with Crippen LogP contribution in [0.2, 0.25) is 0 Å². The van der Waals surface area contributed by atoms with Gasteiger partial charge >= 0.3 is 0 Å². The average molecular weight is 197 g/mol. The number of anilines is 2. The molecule has 0 aliphatic carbocycles. The Balaban J connectivity index is 2.59. The van der Waals surface area contributed by atoms with Crippen LogP contribution in [0, 0.1) is 6.92 Å². The molecule has 1 heterocycles. The number of aryl methyl sites for hydroxylation is 1. The minimum absolute atomic E-state index is 0.233. The number of hydrogen-bond donors (Lipinski definition) is 4. The monoisotopic (exact) mass is 197 g/mol. The van der Waals surface area contributed by atoms with Gasteiger partial charge in [-0.15, -0.1) is 0 Å². The molecule has 5 nitrogen and oxygen atoms in total. The Labute approximate surface area is 82.6 Å². The Bertz CT molecular complexity index is 304. The summed E-state index contributed by atoms with van der Waals surface area (Å²) in [5, 5.41) is 20.5. The number of aliphatic hydroxyl groups is 2. The van der Waals surface area contributed by atoms with E-state index in [2.05, 4.69) is 10.3 Å². The third kappa shape index (κ3) is 2.86. The normalized spacial score (nSPS) is 12.5. The first kappa shape index (κ1) is 10.7. The summed E-state index contributed by atoms with van der Waals surface area (Å²) in [6.45, 7) is 1.85. The molecule has 14 heavy (non-hydrogen) atoms. The summed E-state index contributed by atoms with van der Waals surface area (Å²) in [6.07, 6.45) is 0.891. The van der Waals surface area contributed by atoms with Crippen molar-refractivity contribution in [1.82, 2.24) is 4.98 Å². The molecule has 0 spiro atoms. The number of nitrogens with two attached hydrogens (primary N) is 1. The Kier molecular flexibility index (Phi) is 3.67. The molecule has 0 fully saturated rings. The first-order valence-corrected chi connectivity index (χ1v) is 4.38. The van der Waals surface area contributed by atoms with Gasteiger partial charge in [0.1, 0.15) is 5.82 Å². The topological polar surface area (TPSA) is 91.4 Å². The third-order valence-electron chi connectivity index (χ3n) is 1.77. The zero-order valence-electron chi connectivity index (χ0n) is 8.07. The van der Waals surface area contributed by atoms with Crippen molar-refractivity contribution in [2.24, 2.45) is 0 Å². The predicted octanol–water partition coefficient (Wildman–Crippen LogP) is -0.263. The first-order valence-electron chi connectivity index (χ1n) is 4.38. The van der Waals surface area contributed by atoms with Crippen LogP contribution in [0.3, 0.4) is 0 Å². The average Bonchev–Trinajstić information content (AvgIpc) is 2.16. The van der Waals surface area contributed by atoms with Crippen LogP contribution in [0.25, 0.3) is 0 Å². The second-order valence-corrected chi connectivity index (χ2v) is 3.17. The Morgan fingerprint density at radius 3 is 2.93 bits per heavy atom. The van der Waals surface area contributed by atoms with Gasteiger partial charge in [-0.1, -0.05) is 0 Å². The van der Waals surface area contributed by atoms with Gasteiger partial charge in [0.15, 0.2) is 0 Å². The fourth-order valence-electron chi connectivity index (χ4n) is 1.02. The van der Waals surface area contributed by atoms with Crippen molar-refractivity contribution >= 4 is 11.5 Å². The SMILES string of the molecule is Cc1cnc(NCC(O)CO)c(N)c1. The number of nitrogen functional groups attached to an aromatic ring is 1. The molecule has 1 aromatic rings. The molecular formula is C9H15N3O2. The second-order valence-electron chi connectivity index (χ2n) is 3.17. The molecule has 0 bridgehead atoms. The maximum Gasteiger partial charge on any atom is 0.149 e. The minimum atomic E-state index is -0.794. The fourth-order valence-corrected chi connectivity index (χ4v) is 1.02. The lowest BCUT2D eigenvalue weighted by atomic mass is 10.3. The highest BCUT2D eigenvalue weighted by Gasteiger charge is 2.04. The number of pyridine rings is 1. The van der Waals surface area contributed by atoms with Crippen molar-refractivity contribution in [2.45, 2.75) is 13.0 Å². The number of rotatable bonds is 4. The van der Waals surface area contributed by atoms with Crippen LogP contribution >= 0.6 is 0 Å². The van der Waals surface area contributed by atoms with E-state index in [1.807, 2.05) is 6.92 Å². The molecule has 0 saturated heterocycles. The number of nitrogens with zero attached hydrogens (tertiary/aromatic N) is 1. The molecule has 0 aromatic carbocycles. The quantitative estimate of drug-likeness (QED) is 0.533. The predicted molar refractivity (Wildman–Crippen MR) is 55.0 cm³/mol. The molecule has 5 heteroatoms. The van der Waals surface area contributed by atoms with Gasteiger partial charge < -0.3 is 21.3 Å². The molecule has 0 saturated carbocycles. The maximum atomic E-state index is 9.08. The highest BCUT2D eigenvalue weighted by atomic mass is 16.3. The number of nitrogens with one attached hydrogen (secondary N) is 1. The van der Waals surface area contributed by atoms with E-state index in [1.54, 1.807) is 12.3 Å². The number of aromatic nitrogens is 1. The molecule has 1 rings (SSSR count). The summed E-state index contributed by atoms with van der Waals surface area (Å²) in [7, 11) is 0. The first-order chi connectivity index (χ1) is 6.63. The van der Waals surface area contributed by atoms with Crippen LogP contribution in [0.5, 0.6) is 0 Å². The molecule has 0 radical (unpaired) electrons. The van der Waals surface area contributed by atoms with Crippen LogP contribution in [-0.2, 0) is 0 Å². The maximum absolute atomic E-state index is 9.08. The molecule has 0 aliphatic rings. The van der Waals surface area contributed by atoms with Crippen LogP contribution in [0.15, 0.2) is 12.3 Å². The number of hydrogen-bond acceptors (Lipinski definition) is 5. The Morgan fingerprint density at radius 2 is 2.36 bits per heavy atom. The molecule has 78 valence electrons. The van der Waals surface area contributed by atoms with Gasteiger partial charge in [-0.05, 0) is 18.6 Å². The van der Waals surface area contributed by atoms with E-state index >= 15 is 0 Å². The van der Waals surface area contributed by atoms with Gasteiger partial charge in [0.2, 0.25) is 0 Å². The largest absolute Gasteiger partial charge is 0.396 e. The Hall–Kier alpha value is -1.33. The lowest BCUT2D eigenvalue weighted by Crippen LogP contribution is -2.23. The van der Waals surface area contributed by atoms with Gasteiger partial charge in [0.25, 0.3) is 0 Å². The van der Waals surface area contributed by atoms with Gasteiger partial charge in [-0.2, -0.15) is 0 Å². The molecular weight excluding hydrogens is 182 g/mol. The molecule has 0 aliphatic heterocycles. The van der Waals surface area contributed by atoms with Crippen molar-refractivity contribution < 1.29 is 10.2 Å². The highest BCUT2D eigenvalue weighted by Crippen LogP contribution is 2.15. The van der Waals surface area contributed by atoms with Crippen molar-refractivity contribution in [3.05, 3.63) is 17.8 Å². The van der Waals surface area contributed by atoms with Crippen LogP contribution in [0.4, 0.5) is 11.5 Å². The third-order valence-corrected chi connectivity index (χ3v) is 1.77. The minimum Gasteiger partial charge on any atom is -0.396 e. The van der Waals surface area contributed by atoms with Crippen LogP contribution in [0.1, 0.15) is 5.56 Å². The van der Waals surface area contributed by atoms with E-state index in [1.165, 1.54) is 0 Å². The summed E-state index contributed by atoms with van der Waals surface area (Å²) in [5.74, 6) is 0.531. The zero-order valence-corrected chi connectivity index (χ0v) is 8.07. The summed E-state index contributed by atoms with van der Waals surface area (Å²) in [5.41, 5.74) is 7.20. The van der Waals surface area contributed by atoms with Gasteiger partial charge in [0, 0.05) is 12.7 Å². The van der Waals surface area contributed by atoms with Gasteiger partial charge in [-0.3, -0.25) is 0 Å². The summed E-state index contributed by atoms with van der Waals surface area (Å²) in [6, 6.07) is 1.79. The molecule has 1 atom stereocenters. The van der Waals surface area contributed by atoms with Crippen molar-refractivity contribution in [2.75, 3.05) is 24.2 Å². The van der Waals surface area contributed by atoms with Gasteiger partial charge in [-0.25, -0.2) is 4.98 Å². The standard InChI is InChI=1S/C9H15N3O2/c1-6-2-8(10)9(11-3-6)12-4-7(14)5-13/h2-3,7,13-14H,4-5,10H2,1H3,(H,11,12). The molecule has 1 unspecified atom stereocenters. The van der Waals surface area contributed by atoms with E-state index in [4.69, 9.17) is 15.9 Å². The van der Waals surface area contributed by atoms with E-state index in [0.29, 0.717) is 11.5 Å². The van der Waals surface area contributed by atoms with Crippen molar-refractivity contribution in [3.8, 4) is 0 Å². The summed E-state index contributed by atoms with van der Waals surface area (Å²) in [4.78, 5) is 4.06. The Morgan fingerprint density at radius 1 is 1.64 bits per heavy atom. The van der Waals surface area contributed by atoms with E-state index in [0.717, 1.165) is 5.56 Å². The lowest BCUT2D eigenvalue weighted by molar-refractivity contribution is 0.105. The van der Waals surface area contributed by atoms with Crippen molar-refractivity contribution in [1.29, 1.82) is 0 Å². The van der Waals surface area contributed by atoms with Crippen LogP contribution in [-0.4, -0.2) is 34.5 Å². The lowest BCUT2D eigenvalue weighted by Gasteiger charge is -2.11. The zero-order chi connectivity index (χ0) is 10.6. The van der Waals surface area contributed by atoms with Crippen LogP contribution < -0.4 is 11.1 Å². The van der Waals surface area contributed by atoms with E-state index < -0.39 is 6.10 Å². The van der Waals surface area contributed by atoms with Gasteiger partial charge in [0.05, 0.1) is 18.4 Å². The fraction of sp³-hybridized carbons (Fsp3) is 0.444. The second kappa shape index (κ2) is 4.78. The van der Waals surface area contributed by atoms with Crippen molar-refractivity contribution in [3.63, 3.8) is 0 Å². The van der Waals surface area contributed by atoms with E-state index in [9.17, 15) is 0 Å².